The molecule has 0 saturated carbocycles. The lowest BCUT2D eigenvalue weighted by Crippen LogP contribution is -2.55. The number of rotatable bonds is 6. The van der Waals surface area contributed by atoms with Crippen LogP contribution in [0.1, 0.15) is 16.9 Å². The first-order chi connectivity index (χ1) is 16.1. The number of β-amino-alcohol motifs (C(OH)–C–C–N with tert-alkyl or cyclic N) is 1. The summed E-state index contributed by atoms with van der Waals surface area (Å²) in [7, 11) is 1.63. The van der Waals surface area contributed by atoms with Gasteiger partial charge in [0.15, 0.2) is 5.75 Å². The topological polar surface area (TPSA) is 105 Å². The van der Waals surface area contributed by atoms with Crippen LogP contribution in [0.15, 0.2) is 30.9 Å². The summed E-state index contributed by atoms with van der Waals surface area (Å²) in [6, 6.07) is 3.92. The van der Waals surface area contributed by atoms with Crippen LogP contribution >= 0.6 is 11.3 Å². The zero-order valence-corrected chi connectivity index (χ0v) is 19.0. The minimum Gasteiger partial charge on any atom is -0.493 e. The molecule has 0 amide bonds. The lowest BCUT2D eigenvalue weighted by atomic mass is 9.74. The molecular formula is C23H24N6O3S. The van der Waals surface area contributed by atoms with E-state index in [2.05, 4.69) is 25.3 Å². The van der Waals surface area contributed by atoms with Crippen molar-refractivity contribution >= 4 is 44.9 Å². The Balaban J connectivity index is 1.36. The van der Waals surface area contributed by atoms with Crippen LogP contribution in [0.2, 0.25) is 0 Å². The average molecular weight is 465 g/mol. The van der Waals surface area contributed by atoms with Gasteiger partial charge in [0.05, 0.1) is 36.0 Å². The van der Waals surface area contributed by atoms with Crippen LogP contribution < -0.4 is 10.1 Å². The number of likely N-dealkylation sites (tertiary alicyclic amines) is 1. The standard InChI is InChI=1S/C23H24N6O3S/c1-32-18-10-29-14(3-5-26-29)6-17(18)27-21-20-16-2-4-23(12-30,11-28-8-15(31)9-28)7-19(16)33-22(20)25-13-24-21/h3,5-6,10,12-13,15,31H,2,4,7-9,11H2,1H3,(H,24,25,27). The fourth-order valence-electron chi connectivity index (χ4n) is 5.04. The highest BCUT2D eigenvalue weighted by Gasteiger charge is 2.40. The highest BCUT2D eigenvalue weighted by Crippen LogP contribution is 2.45. The maximum atomic E-state index is 12.2. The number of aromatic nitrogens is 4. The van der Waals surface area contributed by atoms with Gasteiger partial charge in [-0.2, -0.15) is 5.10 Å². The number of fused-ring (bicyclic) bond motifs is 4. The van der Waals surface area contributed by atoms with Gasteiger partial charge in [0.25, 0.3) is 0 Å². The predicted molar refractivity (Wildman–Crippen MR) is 125 cm³/mol. The molecule has 5 heterocycles. The zero-order valence-electron chi connectivity index (χ0n) is 18.2. The second-order valence-corrected chi connectivity index (χ2v) is 10.1. The zero-order chi connectivity index (χ0) is 22.6. The summed E-state index contributed by atoms with van der Waals surface area (Å²) in [5.74, 6) is 1.41. The van der Waals surface area contributed by atoms with Gasteiger partial charge < -0.3 is 20.0 Å². The van der Waals surface area contributed by atoms with Crippen LogP contribution in [0.3, 0.4) is 0 Å². The minimum absolute atomic E-state index is 0.264. The van der Waals surface area contributed by atoms with Gasteiger partial charge in [-0.15, -0.1) is 11.3 Å². The Morgan fingerprint density at radius 1 is 1.39 bits per heavy atom. The van der Waals surface area contributed by atoms with Crippen molar-refractivity contribution in [1.82, 2.24) is 24.5 Å². The van der Waals surface area contributed by atoms with Gasteiger partial charge in [-0.05, 0) is 37.0 Å². The number of aryl methyl sites for hydroxylation is 1. The highest BCUT2D eigenvalue weighted by atomic mass is 32.1. The monoisotopic (exact) mass is 464 g/mol. The molecule has 2 N–H and O–H groups in total. The molecule has 10 heteroatoms. The quantitative estimate of drug-likeness (QED) is 0.419. The maximum absolute atomic E-state index is 12.2. The van der Waals surface area contributed by atoms with Gasteiger partial charge in [-0.3, -0.25) is 4.90 Å². The van der Waals surface area contributed by atoms with Crippen LogP contribution in [-0.4, -0.2) is 68.7 Å². The number of hydrogen-bond donors (Lipinski definition) is 2. The third-order valence-corrected chi connectivity index (χ3v) is 7.89. The SMILES string of the molecule is COc1cn2nccc2cc1Nc1ncnc2sc3c(c12)CCC(C=O)(CN1CC(O)C1)C3. The maximum Gasteiger partial charge on any atom is 0.160 e. The van der Waals surface area contributed by atoms with E-state index < -0.39 is 5.41 Å². The molecule has 4 aromatic rings. The molecule has 1 saturated heterocycles. The molecule has 33 heavy (non-hydrogen) atoms. The molecule has 0 aromatic carbocycles. The number of nitrogens with one attached hydrogen (secondary N) is 1. The lowest BCUT2D eigenvalue weighted by Gasteiger charge is -2.43. The number of anilines is 2. The second-order valence-electron chi connectivity index (χ2n) is 8.99. The summed E-state index contributed by atoms with van der Waals surface area (Å²) >= 11 is 1.65. The molecule has 1 atom stereocenters. The number of methoxy groups -OCH3 is 1. The number of aldehydes is 1. The van der Waals surface area contributed by atoms with Crippen molar-refractivity contribution < 1.29 is 14.6 Å². The van der Waals surface area contributed by atoms with Gasteiger partial charge in [0.2, 0.25) is 0 Å². The third kappa shape index (κ3) is 3.45. The Morgan fingerprint density at radius 2 is 2.27 bits per heavy atom. The van der Waals surface area contributed by atoms with E-state index in [9.17, 15) is 9.90 Å². The van der Waals surface area contributed by atoms with E-state index in [0.717, 1.165) is 46.4 Å². The number of carbonyl (C=O) groups excluding carboxylic acids is 1. The van der Waals surface area contributed by atoms with Crippen molar-refractivity contribution in [3.8, 4) is 5.75 Å². The van der Waals surface area contributed by atoms with Crippen LogP contribution in [0.5, 0.6) is 5.75 Å². The summed E-state index contributed by atoms with van der Waals surface area (Å²) < 4.78 is 7.34. The molecule has 0 bridgehead atoms. The van der Waals surface area contributed by atoms with Crippen LogP contribution in [0, 0.1) is 5.41 Å². The molecule has 1 unspecified atom stereocenters. The highest BCUT2D eigenvalue weighted by molar-refractivity contribution is 7.19. The number of ether oxygens (including phenoxy) is 1. The second kappa shape index (κ2) is 7.75. The number of aliphatic hydroxyl groups is 1. The number of aliphatic hydroxyl groups excluding tert-OH is 1. The Bertz CT molecular complexity index is 1360. The fraction of sp³-hybridized carbons (Fsp3) is 0.391. The Hall–Kier alpha value is -3.08. The van der Waals surface area contributed by atoms with Gasteiger partial charge in [0.1, 0.15) is 23.3 Å². The summed E-state index contributed by atoms with van der Waals surface area (Å²) in [4.78, 5) is 25.6. The van der Waals surface area contributed by atoms with Gasteiger partial charge in [-0.25, -0.2) is 14.5 Å². The Morgan fingerprint density at radius 3 is 3.06 bits per heavy atom. The van der Waals surface area contributed by atoms with E-state index in [-0.39, 0.29) is 6.10 Å². The van der Waals surface area contributed by atoms with E-state index in [1.54, 1.807) is 35.5 Å². The smallest absolute Gasteiger partial charge is 0.160 e. The number of hydrogen-bond acceptors (Lipinski definition) is 9. The van der Waals surface area contributed by atoms with Gasteiger partial charge in [0, 0.05) is 36.1 Å². The predicted octanol–water partition coefficient (Wildman–Crippen LogP) is 2.44. The molecule has 1 fully saturated rings. The molecule has 2 aliphatic rings. The molecule has 1 aliphatic heterocycles. The molecule has 6 rings (SSSR count). The summed E-state index contributed by atoms with van der Waals surface area (Å²) in [5.41, 5.74) is 2.57. The first-order valence-electron chi connectivity index (χ1n) is 11.0. The van der Waals surface area contributed by atoms with Crippen LogP contribution in [0.4, 0.5) is 11.5 Å². The molecular weight excluding hydrogens is 440 g/mol. The molecule has 9 nitrogen and oxygen atoms in total. The minimum atomic E-state index is -0.411. The largest absolute Gasteiger partial charge is 0.493 e. The van der Waals surface area contributed by atoms with Crippen LogP contribution in [0.25, 0.3) is 15.7 Å². The number of nitrogens with zero attached hydrogens (tertiary/aromatic N) is 5. The normalized spacial score (nSPS) is 21.2. The van der Waals surface area contributed by atoms with E-state index >= 15 is 0 Å². The lowest BCUT2D eigenvalue weighted by molar-refractivity contribution is -0.120. The Kier molecular flexibility index (Phi) is 4.82. The Labute approximate surface area is 194 Å². The average Bonchev–Trinajstić information content (AvgIpc) is 3.41. The first-order valence-corrected chi connectivity index (χ1v) is 11.8. The van der Waals surface area contributed by atoms with E-state index in [1.807, 2.05) is 18.3 Å². The van der Waals surface area contributed by atoms with Gasteiger partial charge >= 0.3 is 0 Å². The summed E-state index contributed by atoms with van der Waals surface area (Å²) in [5, 5.41) is 18.4. The molecule has 0 radical (unpaired) electrons. The van der Waals surface area contributed by atoms with Crippen LogP contribution in [-0.2, 0) is 17.6 Å². The molecule has 170 valence electrons. The number of thiophene rings is 1. The van der Waals surface area contributed by atoms with Crippen molar-refractivity contribution in [3.05, 3.63) is 41.3 Å². The van der Waals surface area contributed by atoms with Crippen molar-refractivity contribution in [2.75, 3.05) is 32.1 Å². The summed E-state index contributed by atoms with van der Waals surface area (Å²) in [6.07, 6.45) is 8.30. The van der Waals surface area contributed by atoms with Crippen molar-refractivity contribution in [3.63, 3.8) is 0 Å². The number of pyridine rings is 1. The molecule has 4 aromatic heterocycles. The van der Waals surface area contributed by atoms with E-state index in [1.165, 1.54) is 10.4 Å². The molecule has 0 spiro atoms. The fourth-order valence-corrected chi connectivity index (χ4v) is 6.39. The van der Waals surface area contributed by atoms with Gasteiger partial charge in [-0.1, -0.05) is 0 Å². The third-order valence-electron chi connectivity index (χ3n) is 6.75. The number of carbonyl (C=O) groups is 1. The van der Waals surface area contributed by atoms with Crippen molar-refractivity contribution in [2.45, 2.75) is 25.4 Å². The summed E-state index contributed by atoms with van der Waals surface area (Å²) in [6.45, 7) is 2.00. The van der Waals surface area contributed by atoms with E-state index in [0.29, 0.717) is 31.8 Å². The molecule has 1 aliphatic carbocycles. The van der Waals surface area contributed by atoms with E-state index in [4.69, 9.17) is 4.74 Å². The van der Waals surface area contributed by atoms with Crippen molar-refractivity contribution in [1.29, 1.82) is 0 Å². The first kappa shape index (κ1) is 20.5. The van der Waals surface area contributed by atoms with Crippen molar-refractivity contribution in [2.24, 2.45) is 5.41 Å².